The van der Waals surface area contributed by atoms with Gasteiger partial charge in [0.1, 0.15) is 0 Å². The van der Waals surface area contributed by atoms with E-state index >= 15 is 0 Å². The molecular weight excluding hydrogens is 144 g/mol. The van der Waals surface area contributed by atoms with Crippen molar-refractivity contribution in [3.8, 4) is 0 Å². The number of aliphatic hydroxyl groups excluding tert-OH is 2. The Kier molecular flexibility index (Phi) is 5.46. The van der Waals surface area contributed by atoms with E-state index in [1.165, 1.54) is 0 Å². The summed E-state index contributed by atoms with van der Waals surface area (Å²) in [5.74, 6) is 0.508. The van der Waals surface area contributed by atoms with Crippen molar-refractivity contribution in [2.75, 3.05) is 13.7 Å². The summed E-state index contributed by atoms with van der Waals surface area (Å²) < 4.78 is 5.25. The second-order valence-corrected chi connectivity index (χ2v) is 2.91. The monoisotopic (exact) mass is 162 g/mol. The van der Waals surface area contributed by atoms with E-state index in [0.29, 0.717) is 18.6 Å². The molecule has 2 N–H and O–H groups in total. The van der Waals surface area contributed by atoms with Gasteiger partial charge in [-0.05, 0) is 19.3 Å². The lowest BCUT2D eigenvalue weighted by Crippen LogP contribution is -2.33. The molecule has 0 spiro atoms. The van der Waals surface area contributed by atoms with Crippen LogP contribution >= 0.6 is 0 Å². The Balaban J connectivity index is 0.000000461. The Morgan fingerprint density at radius 2 is 1.82 bits per heavy atom. The molecule has 1 fully saturated rings. The minimum Gasteiger partial charge on any atom is -0.400 e. The Morgan fingerprint density at radius 3 is 2.18 bits per heavy atom. The van der Waals surface area contributed by atoms with E-state index in [9.17, 15) is 0 Å². The molecule has 3 nitrogen and oxygen atoms in total. The molecule has 0 aromatic carbocycles. The number of aliphatic hydroxyl groups is 2. The Hall–Kier alpha value is -0.120. The normalized spacial score (nSPS) is 37.4. The maximum atomic E-state index is 9.07. The highest BCUT2D eigenvalue weighted by Gasteiger charge is 2.22. The van der Waals surface area contributed by atoms with Gasteiger partial charge < -0.3 is 14.9 Å². The van der Waals surface area contributed by atoms with Crippen molar-refractivity contribution >= 4 is 0 Å². The number of ether oxygens (including phenoxy) is 1. The molecule has 1 heterocycles. The predicted molar refractivity (Wildman–Crippen MR) is 43.3 cm³/mol. The summed E-state index contributed by atoms with van der Waals surface area (Å²) >= 11 is 0. The van der Waals surface area contributed by atoms with Crippen LogP contribution in [0.5, 0.6) is 0 Å². The summed E-state index contributed by atoms with van der Waals surface area (Å²) in [4.78, 5) is 0. The van der Waals surface area contributed by atoms with Gasteiger partial charge in [0.2, 0.25) is 0 Å². The van der Waals surface area contributed by atoms with Gasteiger partial charge in [0.05, 0.1) is 18.8 Å². The van der Waals surface area contributed by atoms with E-state index in [-0.39, 0.29) is 6.10 Å². The molecule has 0 aliphatic carbocycles. The standard InChI is InChI=1S/C7H14O2.CH4O/c1-5-3-7(8)4-9-6(5)2;1-2/h5-8H,3-4H2,1-2H3;2H,1H3. The SMILES string of the molecule is CC1CC(O)COC1C.CO. The van der Waals surface area contributed by atoms with Crippen LogP contribution in [0.25, 0.3) is 0 Å². The van der Waals surface area contributed by atoms with Gasteiger partial charge in [0, 0.05) is 7.11 Å². The zero-order valence-electron chi connectivity index (χ0n) is 7.45. The molecule has 11 heavy (non-hydrogen) atoms. The fourth-order valence-electron chi connectivity index (χ4n) is 1.12. The molecule has 0 amide bonds. The molecule has 1 saturated heterocycles. The van der Waals surface area contributed by atoms with E-state index < -0.39 is 0 Å². The third-order valence-electron chi connectivity index (χ3n) is 2.00. The minimum atomic E-state index is -0.226. The lowest BCUT2D eigenvalue weighted by molar-refractivity contribution is -0.0763. The van der Waals surface area contributed by atoms with Gasteiger partial charge in [-0.3, -0.25) is 0 Å². The van der Waals surface area contributed by atoms with E-state index in [4.69, 9.17) is 14.9 Å². The first-order chi connectivity index (χ1) is 5.20. The molecule has 0 saturated carbocycles. The highest BCUT2D eigenvalue weighted by Crippen LogP contribution is 2.19. The molecule has 0 aromatic heterocycles. The second kappa shape index (κ2) is 5.52. The lowest BCUT2D eigenvalue weighted by Gasteiger charge is -2.29. The molecule has 0 radical (unpaired) electrons. The highest BCUT2D eigenvalue weighted by atomic mass is 16.5. The molecule has 3 unspecified atom stereocenters. The summed E-state index contributed by atoms with van der Waals surface area (Å²) in [5, 5.41) is 16.1. The second-order valence-electron chi connectivity index (χ2n) is 2.91. The molecule has 0 bridgehead atoms. The zero-order chi connectivity index (χ0) is 8.85. The van der Waals surface area contributed by atoms with Gasteiger partial charge in [-0.25, -0.2) is 0 Å². The first-order valence-electron chi connectivity index (χ1n) is 3.94. The predicted octanol–water partition coefficient (Wildman–Crippen LogP) is 0.401. The van der Waals surface area contributed by atoms with Crippen molar-refractivity contribution in [2.45, 2.75) is 32.5 Å². The molecule has 1 aliphatic heterocycles. The van der Waals surface area contributed by atoms with Crippen molar-refractivity contribution < 1.29 is 14.9 Å². The van der Waals surface area contributed by atoms with Crippen LogP contribution in [-0.2, 0) is 4.74 Å². The summed E-state index contributed by atoms with van der Waals surface area (Å²) in [6.07, 6.45) is 0.992. The summed E-state index contributed by atoms with van der Waals surface area (Å²) in [7, 11) is 1.00. The number of hydrogen-bond donors (Lipinski definition) is 2. The van der Waals surface area contributed by atoms with Gasteiger partial charge in [-0.2, -0.15) is 0 Å². The molecule has 1 rings (SSSR count). The van der Waals surface area contributed by atoms with Crippen molar-refractivity contribution in [1.82, 2.24) is 0 Å². The molecule has 0 aromatic rings. The third-order valence-corrected chi connectivity index (χ3v) is 2.00. The third kappa shape index (κ3) is 3.70. The Bertz CT molecular complexity index is 95.3. The van der Waals surface area contributed by atoms with Crippen LogP contribution in [0.4, 0.5) is 0 Å². The molecule has 3 atom stereocenters. The Morgan fingerprint density at radius 1 is 1.27 bits per heavy atom. The summed E-state index contributed by atoms with van der Waals surface area (Å²) in [6.45, 7) is 4.68. The van der Waals surface area contributed by atoms with Gasteiger partial charge in [0.25, 0.3) is 0 Å². The summed E-state index contributed by atoms with van der Waals surface area (Å²) in [5.41, 5.74) is 0. The fourth-order valence-corrected chi connectivity index (χ4v) is 1.12. The average Bonchev–Trinajstić information content (AvgIpc) is 2.02. The maximum Gasteiger partial charge on any atom is 0.0777 e. The van der Waals surface area contributed by atoms with Crippen LogP contribution in [0, 0.1) is 5.92 Å². The first-order valence-corrected chi connectivity index (χ1v) is 3.94. The topological polar surface area (TPSA) is 49.7 Å². The van der Waals surface area contributed by atoms with E-state index in [0.717, 1.165) is 13.5 Å². The average molecular weight is 162 g/mol. The van der Waals surface area contributed by atoms with Crippen LogP contribution in [0.2, 0.25) is 0 Å². The largest absolute Gasteiger partial charge is 0.400 e. The van der Waals surface area contributed by atoms with Gasteiger partial charge >= 0.3 is 0 Å². The van der Waals surface area contributed by atoms with Gasteiger partial charge in [-0.1, -0.05) is 6.92 Å². The zero-order valence-corrected chi connectivity index (χ0v) is 7.45. The van der Waals surface area contributed by atoms with Crippen molar-refractivity contribution in [1.29, 1.82) is 0 Å². The smallest absolute Gasteiger partial charge is 0.0777 e. The van der Waals surface area contributed by atoms with Crippen LogP contribution in [0.3, 0.4) is 0 Å². The van der Waals surface area contributed by atoms with Gasteiger partial charge in [-0.15, -0.1) is 0 Å². The van der Waals surface area contributed by atoms with Crippen molar-refractivity contribution in [3.05, 3.63) is 0 Å². The van der Waals surface area contributed by atoms with E-state index in [1.54, 1.807) is 0 Å². The van der Waals surface area contributed by atoms with Crippen molar-refractivity contribution in [3.63, 3.8) is 0 Å². The Labute approximate surface area is 68.0 Å². The fraction of sp³-hybridized carbons (Fsp3) is 1.00. The van der Waals surface area contributed by atoms with E-state index in [2.05, 4.69) is 13.8 Å². The van der Waals surface area contributed by atoms with Crippen LogP contribution in [0.1, 0.15) is 20.3 Å². The molecule has 3 heteroatoms. The van der Waals surface area contributed by atoms with Crippen LogP contribution in [0.15, 0.2) is 0 Å². The van der Waals surface area contributed by atoms with Crippen LogP contribution in [-0.4, -0.2) is 36.1 Å². The lowest BCUT2D eigenvalue weighted by atomic mass is 9.96. The molecular formula is C8H18O3. The van der Waals surface area contributed by atoms with Crippen LogP contribution < -0.4 is 0 Å². The van der Waals surface area contributed by atoms with Gasteiger partial charge in [0.15, 0.2) is 0 Å². The summed E-state index contributed by atoms with van der Waals surface area (Å²) in [6, 6.07) is 0. The molecule has 1 aliphatic rings. The quantitative estimate of drug-likeness (QED) is 0.542. The maximum absolute atomic E-state index is 9.07. The number of hydrogen-bond acceptors (Lipinski definition) is 3. The number of rotatable bonds is 0. The van der Waals surface area contributed by atoms with E-state index in [1.807, 2.05) is 0 Å². The molecule has 68 valence electrons. The van der Waals surface area contributed by atoms with Crippen molar-refractivity contribution in [2.24, 2.45) is 5.92 Å². The minimum absolute atomic E-state index is 0.226. The first kappa shape index (κ1) is 10.9. The highest BCUT2D eigenvalue weighted by molar-refractivity contribution is 4.71.